The highest BCUT2D eigenvalue weighted by molar-refractivity contribution is 7.13. The van der Waals surface area contributed by atoms with Crippen LogP contribution >= 0.6 is 11.3 Å². The molecule has 4 nitrogen and oxygen atoms in total. The highest BCUT2D eigenvalue weighted by Crippen LogP contribution is 2.25. The van der Waals surface area contributed by atoms with Crippen LogP contribution < -0.4 is 0 Å². The largest absolute Gasteiger partial charge is 0.390 e. The molecule has 0 saturated carbocycles. The molecular weight excluding hydrogens is 248 g/mol. The molecule has 0 aliphatic rings. The lowest BCUT2D eigenvalue weighted by Crippen LogP contribution is -2.18. The second kappa shape index (κ2) is 5.58. The summed E-state index contributed by atoms with van der Waals surface area (Å²) >= 11 is 1.50. The van der Waals surface area contributed by atoms with Crippen molar-refractivity contribution < 1.29 is 10.2 Å². The van der Waals surface area contributed by atoms with Gasteiger partial charge in [0.25, 0.3) is 0 Å². The van der Waals surface area contributed by atoms with Gasteiger partial charge in [-0.25, -0.2) is 4.98 Å². The Morgan fingerprint density at radius 2 is 1.94 bits per heavy atom. The Morgan fingerprint density at radius 3 is 2.44 bits per heavy atom. The highest BCUT2D eigenvalue weighted by atomic mass is 32.1. The van der Waals surface area contributed by atoms with Gasteiger partial charge in [0.2, 0.25) is 0 Å². The van der Waals surface area contributed by atoms with Crippen LogP contribution in [-0.4, -0.2) is 34.2 Å². The molecule has 1 heterocycles. The summed E-state index contributed by atoms with van der Waals surface area (Å²) in [6.45, 7) is -0.0338. The molecular formula is C13H16N2O2S. The van der Waals surface area contributed by atoms with E-state index in [0.29, 0.717) is 5.69 Å². The summed E-state index contributed by atoms with van der Waals surface area (Å²) in [7, 11) is 3.65. The average Bonchev–Trinajstić information content (AvgIpc) is 2.86. The van der Waals surface area contributed by atoms with E-state index < -0.39 is 6.23 Å². The van der Waals surface area contributed by atoms with E-state index in [1.807, 2.05) is 43.7 Å². The Hall–Kier alpha value is -1.27. The van der Waals surface area contributed by atoms with Crippen LogP contribution in [0.5, 0.6) is 0 Å². The number of hydrogen-bond acceptors (Lipinski definition) is 5. The quantitative estimate of drug-likeness (QED) is 0.828. The van der Waals surface area contributed by atoms with E-state index in [0.717, 1.165) is 16.1 Å². The molecule has 1 atom stereocenters. The van der Waals surface area contributed by atoms with Gasteiger partial charge in [0, 0.05) is 10.9 Å². The smallest absolute Gasteiger partial charge is 0.133 e. The van der Waals surface area contributed by atoms with Gasteiger partial charge in [-0.3, -0.25) is 4.90 Å². The van der Waals surface area contributed by atoms with Crippen molar-refractivity contribution in [3.8, 4) is 10.6 Å². The molecule has 18 heavy (non-hydrogen) atoms. The summed E-state index contributed by atoms with van der Waals surface area (Å²) in [5.41, 5.74) is 2.53. The SMILES string of the molecule is CN(C)C(O)c1ccc(-c2nc(CO)cs2)cc1. The van der Waals surface area contributed by atoms with Gasteiger partial charge in [-0.15, -0.1) is 11.3 Å². The monoisotopic (exact) mass is 264 g/mol. The Balaban J connectivity index is 2.21. The van der Waals surface area contributed by atoms with Crippen molar-refractivity contribution in [2.75, 3.05) is 14.1 Å². The van der Waals surface area contributed by atoms with Crippen LogP contribution in [0.4, 0.5) is 0 Å². The van der Waals surface area contributed by atoms with E-state index in [9.17, 15) is 5.11 Å². The van der Waals surface area contributed by atoms with Crippen LogP contribution in [0.2, 0.25) is 0 Å². The summed E-state index contributed by atoms with van der Waals surface area (Å²) in [6, 6.07) is 7.64. The summed E-state index contributed by atoms with van der Waals surface area (Å²) in [4.78, 5) is 6.04. The molecule has 0 amide bonds. The number of aliphatic hydroxyl groups is 2. The molecule has 0 aliphatic heterocycles. The number of aliphatic hydroxyl groups excluding tert-OH is 2. The average molecular weight is 264 g/mol. The molecule has 1 aromatic heterocycles. The Morgan fingerprint density at radius 1 is 1.28 bits per heavy atom. The molecule has 96 valence electrons. The molecule has 2 rings (SSSR count). The number of thiazole rings is 1. The first-order chi connectivity index (χ1) is 8.61. The standard InChI is InChI=1S/C13H16N2O2S/c1-15(2)13(17)10-5-3-9(4-6-10)12-14-11(7-16)8-18-12/h3-6,8,13,16-17H,7H2,1-2H3. The minimum Gasteiger partial charge on any atom is -0.390 e. The Bertz CT molecular complexity index is 508. The first kappa shape index (κ1) is 13.2. The lowest BCUT2D eigenvalue weighted by Gasteiger charge is -2.18. The Labute approximate surface area is 110 Å². The van der Waals surface area contributed by atoms with E-state index in [-0.39, 0.29) is 6.61 Å². The van der Waals surface area contributed by atoms with Gasteiger partial charge >= 0.3 is 0 Å². The summed E-state index contributed by atoms with van der Waals surface area (Å²) < 4.78 is 0. The second-order valence-corrected chi connectivity index (χ2v) is 5.12. The van der Waals surface area contributed by atoms with Gasteiger partial charge in [-0.05, 0) is 19.7 Å². The molecule has 5 heteroatoms. The van der Waals surface area contributed by atoms with Crippen molar-refractivity contribution in [3.63, 3.8) is 0 Å². The van der Waals surface area contributed by atoms with Crippen LogP contribution in [0.3, 0.4) is 0 Å². The summed E-state index contributed by atoms with van der Waals surface area (Å²) in [5, 5.41) is 21.6. The van der Waals surface area contributed by atoms with Crippen molar-refractivity contribution in [3.05, 3.63) is 40.9 Å². The molecule has 0 aliphatic carbocycles. The fourth-order valence-electron chi connectivity index (χ4n) is 1.61. The zero-order valence-electron chi connectivity index (χ0n) is 10.4. The van der Waals surface area contributed by atoms with Crippen molar-refractivity contribution in [1.29, 1.82) is 0 Å². The number of hydrogen-bond donors (Lipinski definition) is 2. The predicted octanol–water partition coefficient (Wildman–Crippen LogP) is 1.85. The van der Waals surface area contributed by atoms with Crippen LogP contribution in [-0.2, 0) is 6.61 Å². The van der Waals surface area contributed by atoms with Gasteiger partial charge in [-0.1, -0.05) is 24.3 Å². The van der Waals surface area contributed by atoms with Crippen LogP contribution in [0.15, 0.2) is 29.6 Å². The fourth-order valence-corrected chi connectivity index (χ4v) is 2.43. The zero-order valence-corrected chi connectivity index (χ0v) is 11.2. The highest BCUT2D eigenvalue weighted by Gasteiger charge is 2.10. The van der Waals surface area contributed by atoms with Gasteiger partial charge in [0.1, 0.15) is 11.2 Å². The van der Waals surface area contributed by atoms with E-state index in [4.69, 9.17) is 5.11 Å². The predicted molar refractivity (Wildman–Crippen MR) is 72.1 cm³/mol. The van der Waals surface area contributed by atoms with E-state index in [2.05, 4.69) is 4.98 Å². The van der Waals surface area contributed by atoms with E-state index in [1.165, 1.54) is 11.3 Å². The molecule has 0 spiro atoms. The van der Waals surface area contributed by atoms with Gasteiger partial charge in [0.05, 0.1) is 12.3 Å². The summed E-state index contributed by atoms with van der Waals surface area (Å²) in [5.74, 6) is 0. The maximum Gasteiger partial charge on any atom is 0.133 e. The molecule has 2 N–H and O–H groups in total. The van der Waals surface area contributed by atoms with Gasteiger partial charge in [0.15, 0.2) is 0 Å². The van der Waals surface area contributed by atoms with E-state index >= 15 is 0 Å². The topological polar surface area (TPSA) is 56.6 Å². The second-order valence-electron chi connectivity index (χ2n) is 4.26. The minimum absolute atomic E-state index is 0.0338. The van der Waals surface area contributed by atoms with Crippen molar-refractivity contribution in [2.24, 2.45) is 0 Å². The number of nitrogens with zero attached hydrogens (tertiary/aromatic N) is 2. The summed E-state index contributed by atoms with van der Waals surface area (Å²) in [6.07, 6.45) is -0.594. The molecule has 1 unspecified atom stereocenters. The van der Waals surface area contributed by atoms with Crippen LogP contribution in [0.1, 0.15) is 17.5 Å². The number of aromatic nitrogens is 1. The van der Waals surface area contributed by atoms with Crippen molar-refractivity contribution in [2.45, 2.75) is 12.8 Å². The van der Waals surface area contributed by atoms with E-state index in [1.54, 1.807) is 4.90 Å². The number of benzene rings is 1. The van der Waals surface area contributed by atoms with Gasteiger partial charge in [-0.2, -0.15) is 0 Å². The first-order valence-electron chi connectivity index (χ1n) is 5.62. The Kier molecular flexibility index (Phi) is 4.08. The zero-order chi connectivity index (χ0) is 13.1. The minimum atomic E-state index is -0.594. The third-order valence-electron chi connectivity index (χ3n) is 2.66. The molecule has 2 aromatic rings. The fraction of sp³-hybridized carbons (Fsp3) is 0.308. The van der Waals surface area contributed by atoms with Crippen molar-refractivity contribution >= 4 is 11.3 Å². The first-order valence-corrected chi connectivity index (χ1v) is 6.50. The normalized spacial score (nSPS) is 12.9. The number of rotatable bonds is 4. The maximum atomic E-state index is 9.88. The van der Waals surface area contributed by atoms with Crippen molar-refractivity contribution in [1.82, 2.24) is 9.88 Å². The maximum absolute atomic E-state index is 9.88. The molecule has 0 bridgehead atoms. The molecule has 0 saturated heterocycles. The molecule has 0 fully saturated rings. The molecule has 0 radical (unpaired) electrons. The van der Waals surface area contributed by atoms with Crippen LogP contribution in [0.25, 0.3) is 10.6 Å². The third-order valence-corrected chi connectivity index (χ3v) is 3.60. The van der Waals surface area contributed by atoms with Crippen LogP contribution in [0, 0.1) is 0 Å². The van der Waals surface area contributed by atoms with Gasteiger partial charge < -0.3 is 10.2 Å². The molecule has 1 aromatic carbocycles. The third kappa shape index (κ3) is 2.76. The lowest BCUT2D eigenvalue weighted by molar-refractivity contribution is 0.0395. The lowest BCUT2D eigenvalue weighted by atomic mass is 10.1.